The lowest BCUT2D eigenvalue weighted by Crippen LogP contribution is -2.08. The summed E-state index contributed by atoms with van der Waals surface area (Å²) in [7, 11) is 3.76. The van der Waals surface area contributed by atoms with E-state index in [-0.39, 0.29) is 0 Å². The molecule has 0 atom stereocenters. The second-order valence-electron chi connectivity index (χ2n) is 2.99. The second-order valence-corrected chi connectivity index (χ2v) is 2.99. The van der Waals surface area contributed by atoms with Gasteiger partial charge in [-0.1, -0.05) is 0 Å². The first kappa shape index (κ1) is 8.74. The molecule has 6 nitrogen and oxygen atoms in total. The first-order valence-electron chi connectivity index (χ1n) is 4.33. The molecule has 0 saturated carbocycles. The predicted molar refractivity (Wildman–Crippen MR) is 51.9 cm³/mol. The van der Waals surface area contributed by atoms with E-state index < -0.39 is 0 Å². The highest BCUT2D eigenvalue weighted by Crippen LogP contribution is 2.05. The van der Waals surface area contributed by atoms with Gasteiger partial charge in [0.25, 0.3) is 0 Å². The SMILES string of the molecule is CNc1nccn1Cc1nncn1C. The fraction of sp³-hybridized carbons (Fsp3) is 0.375. The highest BCUT2D eigenvalue weighted by atomic mass is 15.3. The van der Waals surface area contributed by atoms with Crippen LogP contribution in [0.3, 0.4) is 0 Å². The summed E-state index contributed by atoms with van der Waals surface area (Å²) >= 11 is 0. The number of hydrogen-bond acceptors (Lipinski definition) is 4. The fourth-order valence-corrected chi connectivity index (χ4v) is 1.27. The molecule has 0 bridgehead atoms. The standard InChI is InChI=1S/C8H12N6/c1-9-8-10-3-4-14(8)5-7-12-11-6-13(7)2/h3-4,6H,5H2,1-2H3,(H,9,10). The first-order chi connectivity index (χ1) is 6.81. The van der Waals surface area contributed by atoms with Crippen LogP contribution in [0.15, 0.2) is 18.7 Å². The molecule has 2 rings (SSSR count). The first-order valence-corrected chi connectivity index (χ1v) is 4.33. The average Bonchev–Trinajstić information content (AvgIpc) is 2.77. The Kier molecular flexibility index (Phi) is 2.18. The Labute approximate surface area is 81.6 Å². The van der Waals surface area contributed by atoms with Crippen molar-refractivity contribution in [3.63, 3.8) is 0 Å². The number of aromatic nitrogens is 5. The summed E-state index contributed by atoms with van der Waals surface area (Å²) in [6, 6.07) is 0. The number of rotatable bonds is 3. The van der Waals surface area contributed by atoms with Crippen molar-refractivity contribution in [3.8, 4) is 0 Å². The van der Waals surface area contributed by atoms with Crippen LogP contribution in [0.25, 0.3) is 0 Å². The van der Waals surface area contributed by atoms with Gasteiger partial charge in [0.1, 0.15) is 6.33 Å². The molecule has 0 aliphatic carbocycles. The van der Waals surface area contributed by atoms with E-state index in [1.807, 2.05) is 29.4 Å². The summed E-state index contributed by atoms with van der Waals surface area (Å²) in [4.78, 5) is 4.14. The Bertz CT molecular complexity index is 415. The van der Waals surface area contributed by atoms with Crippen LogP contribution in [-0.4, -0.2) is 31.4 Å². The number of aryl methyl sites for hydroxylation is 1. The van der Waals surface area contributed by atoms with Crippen molar-refractivity contribution in [1.82, 2.24) is 24.3 Å². The number of imidazole rings is 1. The minimum Gasteiger partial charge on any atom is -0.359 e. The van der Waals surface area contributed by atoms with Crippen molar-refractivity contribution < 1.29 is 0 Å². The monoisotopic (exact) mass is 192 g/mol. The van der Waals surface area contributed by atoms with Crippen LogP contribution in [0.4, 0.5) is 5.95 Å². The zero-order chi connectivity index (χ0) is 9.97. The Morgan fingerprint density at radius 1 is 1.50 bits per heavy atom. The topological polar surface area (TPSA) is 60.6 Å². The molecular weight excluding hydrogens is 180 g/mol. The Morgan fingerprint density at radius 3 is 3.00 bits per heavy atom. The summed E-state index contributed by atoms with van der Waals surface area (Å²) in [5.41, 5.74) is 0. The molecule has 0 aliphatic heterocycles. The van der Waals surface area contributed by atoms with E-state index in [9.17, 15) is 0 Å². The van der Waals surface area contributed by atoms with Gasteiger partial charge in [0, 0.05) is 26.5 Å². The number of nitrogens with zero attached hydrogens (tertiary/aromatic N) is 5. The van der Waals surface area contributed by atoms with Gasteiger partial charge in [-0.25, -0.2) is 4.98 Å². The maximum atomic E-state index is 4.14. The molecule has 2 aromatic rings. The molecule has 6 heteroatoms. The fourth-order valence-electron chi connectivity index (χ4n) is 1.27. The maximum absolute atomic E-state index is 4.14. The molecule has 74 valence electrons. The van der Waals surface area contributed by atoms with E-state index in [0.717, 1.165) is 11.8 Å². The maximum Gasteiger partial charge on any atom is 0.202 e. The molecule has 0 fully saturated rings. The van der Waals surface area contributed by atoms with Crippen molar-refractivity contribution in [2.45, 2.75) is 6.54 Å². The highest BCUT2D eigenvalue weighted by Gasteiger charge is 2.04. The third-order valence-electron chi connectivity index (χ3n) is 2.06. The molecule has 0 aromatic carbocycles. The number of hydrogen-bond donors (Lipinski definition) is 1. The highest BCUT2D eigenvalue weighted by molar-refractivity contribution is 5.24. The van der Waals surface area contributed by atoms with Gasteiger partial charge in [0.15, 0.2) is 5.82 Å². The van der Waals surface area contributed by atoms with E-state index >= 15 is 0 Å². The van der Waals surface area contributed by atoms with Crippen LogP contribution in [-0.2, 0) is 13.6 Å². The van der Waals surface area contributed by atoms with Gasteiger partial charge in [-0.05, 0) is 0 Å². The van der Waals surface area contributed by atoms with Gasteiger partial charge in [-0.15, -0.1) is 10.2 Å². The molecule has 0 spiro atoms. The number of nitrogens with one attached hydrogen (secondary N) is 1. The Balaban J connectivity index is 2.22. The molecule has 0 amide bonds. The lowest BCUT2D eigenvalue weighted by atomic mass is 10.5. The molecule has 0 unspecified atom stereocenters. The van der Waals surface area contributed by atoms with Crippen molar-refractivity contribution in [1.29, 1.82) is 0 Å². The van der Waals surface area contributed by atoms with Gasteiger partial charge >= 0.3 is 0 Å². The number of anilines is 1. The quantitative estimate of drug-likeness (QED) is 0.749. The van der Waals surface area contributed by atoms with Gasteiger partial charge < -0.3 is 14.5 Å². The summed E-state index contributed by atoms with van der Waals surface area (Å²) in [6.45, 7) is 0.673. The molecule has 1 N–H and O–H groups in total. The molecule has 0 aliphatic rings. The van der Waals surface area contributed by atoms with E-state index in [4.69, 9.17) is 0 Å². The third-order valence-corrected chi connectivity index (χ3v) is 2.06. The molecule has 14 heavy (non-hydrogen) atoms. The van der Waals surface area contributed by atoms with Crippen molar-refractivity contribution in [2.24, 2.45) is 7.05 Å². The van der Waals surface area contributed by atoms with Crippen LogP contribution in [0.1, 0.15) is 5.82 Å². The van der Waals surface area contributed by atoms with Crippen molar-refractivity contribution >= 4 is 5.95 Å². The van der Waals surface area contributed by atoms with Crippen LogP contribution in [0, 0.1) is 0 Å². The predicted octanol–water partition coefficient (Wildman–Crippen LogP) is 0.102. The van der Waals surface area contributed by atoms with Crippen LogP contribution >= 0.6 is 0 Å². The minimum atomic E-state index is 0.673. The zero-order valence-corrected chi connectivity index (χ0v) is 8.18. The summed E-state index contributed by atoms with van der Waals surface area (Å²) < 4.78 is 3.86. The lowest BCUT2D eigenvalue weighted by molar-refractivity contribution is 0.702. The normalized spacial score (nSPS) is 10.4. The van der Waals surface area contributed by atoms with Gasteiger partial charge in [0.2, 0.25) is 5.95 Å². The van der Waals surface area contributed by atoms with Gasteiger partial charge in [-0.2, -0.15) is 0 Å². The Morgan fingerprint density at radius 2 is 2.36 bits per heavy atom. The van der Waals surface area contributed by atoms with Gasteiger partial charge in [0.05, 0.1) is 6.54 Å². The molecule has 2 aromatic heterocycles. The molecule has 2 heterocycles. The van der Waals surface area contributed by atoms with Crippen LogP contribution < -0.4 is 5.32 Å². The van der Waals surface area contributed by atoms with E-state index in [0.29, 0.717) is 6.54 Å². The van der Waals surface area contributed by atoms with Crippen molar-refractivity contribution in [3.05, 3.63) is 24.5 Å². The summed E-state index contributed by atoms with van der Waals surface area (Å²) in [5, 5.41) is 10.8. The van der Waals surface area contributed by atoms with Crippen LogP contribution in [0.5, 0.6) is 0 Å². The van der Waals surface area contributed by atoms with E-state index in [2.05, 4.69) is 20.5 Å². The van der Waals surface area contributed by atoms with Gasteiger partial charge in [-0.3, -0.25) is 0 Å². The van der Waals surface area contributed by atoms with Crippen LogP contribution in [0.2, 0.25) is 0 Å². The van der Waals surface area contributed by atoms with Crippen molar-refractivity contribution in [2.75, 3.05) is 12.4 Å². The zero-order valence-electron chi connectivity index (χ0n) is 8.18. The third kappa shape index (κ3) is 1.46. The smallest absolute Gasteiger partial charge is 0.202 e. The van der Waals surface area contributed by atoms with E-state index in [1.165, 1.54) is 0 Å². The van der Waals surface area contributed by atoms with E-state index in [1.54, 1.807) is 12.5 Å². The average molecular weight is 192 g/mol. The Hall–Kier alpha value is -1.85. The summed E-state index contributed by atoms with van der Waals surface area (Å²) in [5.74, 6) is 1.73. The molecular formula is C8H12N6. The second kappa shape index (κ2) is 3.49. The molecule has 0 radical (unpaired) electrons. The molecule has 0 saturated heterocycles. The summed E-state index contributed by atoms with van der Waals surface area (Å²) in [6.07, 6.45) is 5.34. The minimum absolute atomic E-state index is 0.673. The largest absolute Gasteiger partial charge is 0.359 e. The lowest BCUT2D eigenvalue weighted by Gasteiger charge is -2.05.